The average molecular weight is 246 g/mol. The summed E-state index contributed by atoms with van der Waals surface area (Å²) >= 11 is 0. The minimum atomic E-state index is -0.608. The van der Waals surface area contributed by atoms with E-state index in [1.54, 1.807) is 0 Å². The number of hydrogen-bond acceptors (Lipinski definition) is 6. The van der Waals surface area contributed by atoms with Gasteiger partial charge in [-0.05, 0) is 6.92 Å². The number of carbonyl (C=O) groups excluding carboxylic acids is 2. The lowest BCUT2D eigenvalue weighted by atomic mass is 10.5. The maximum absolute atomic E-state index is 11.0. The van der Waals surface area contributed by atoms with E-state index in [-0.39, 0.29) is 6.61 Å². The number of rotatable bonds is 9. The van der Waals surface area contributed by atoms with Crippen LogP contribution in [0.25, 0.3) is 0 Å². The van der Waals surface area contributed by atoms with Crippen molar-refractivity contribution in [2.75, 3.05) is 40.1 Å². The molecule has 0 aromatic carbocycles. The molecule has 0 heterocycles. The van der Waals surface area contributed by atoms with Crippen LogP contribution in [-0.2, 0) is 28.5 Å². The Morgan fingerprint density at radius 3 is 2.18 bits per heavy atom. The van der Waals surface area contributed by atoms with Crippen molar-refractivity contribution in [3.05, 3.63) is 12.2 Å². The molecule has 0 amide bonds. The van der Waals surface area contributed by atoms with E-state index in [9.17, 15) is 9.59 Å². The molecule has 0 rings (SSSR count). The third-order valence-corrected chi connectivity index (χ3v) is 1.60. The van der Waals surface area contributed by atoms with Crippen LogP contribution in [0.15, 0.2) is 12.2 Å². The summed E-state index contributed by atoms with van der Waals surface area (Å²) in [6.45, 7) is 3.96. The molecule has 0 bridgehead atoms. The summed E-state index contributed by atoms with van der Waals surface area (Å²) in [7, 11) is 1.23. The van der Waals surface area contributed by atoms with E-state index in [1.165, 1.54) is 7.11 Å². The number of hydrogen-bond donors (Lipinski definition) is 0. The molecule has 0 fully saturated rings. The summed E-state index contributed by atoms with van der Waals surface area (Å²) < 4.78 is 19.2. The van der Waals surface area contributed by atoms with Crippen LogP contribution < -0.4 is 0 Å². The molecule has 0 atom stereocenters. The van der Waals surface area contributed by atoms with Crippen LogP contribution in [0.2, 0.25) is 0 Å². The van der Waals surface area contributed by atoms with Crippen molar-refractivity contribution in [3.8, 4) is 0 Å². The molecule has 0 radical (unpaired) electrons. The van der Waals surface area contributed by atoms with Gasteiger partial charge in [0.15, 0.2) is 0 Å². The molecule has 17 heavy (non-hydrogen) atoms. The van der Waals surface area contributed by atoms with Crippen LogP contribution in [0.3, 0.4) is 0 Å². The summed E-state index contributed by atoms with van der Waals surface area (Å²) in [6.07, 6.45) is 2.00. The maximum atomic E-state index is 11.0. The van der Waals surface area contributed by atoms with Crippen molar-refractivity contribution in [2.24, 2.45) is 0 Å². The fourth-order valence-electron chi connectivity index (χ4n) is 0.818. The van der Waals surface area contributed by atoms with Crippen LogP contribution in [0.4, 0.5) is 0 Å². The van der Waals surface area contributed by atoms with Crippen molar-refractivity contribution in [1.82, 2.24) is 0 Å². The molecule has 0 aliphatic rings. The van der Waals surface area contributed by atoms with Gasteiger partial charge >= 0.3 is 11.9 Å². The van der Waals surface area contributed by atoms with E-state index in [1.807, 2.05) is 6.92 Å². The highest BCUT2D eigenvalue weighted by atomic mass is 16.6. The van der Waals surface area contributed by atoms with Gasteiger partial charge in [0.1, 0.15) is 6.61 Å². The highest BCUT2D eigenvalue weighted by molar-refractivity contribution is 5.91. The van der Waals surface area contributed by atoms with E-state index in [4.69, 9.17) is 14.2 Å². The number of esters is 2. The second kappa shape index (κ2) is 11.1. The lowest BCUT2D eigenvalue weighted by Crippen LogP contribution is -2.11. The molecule has 6 nitrogen and oxygen atoms in total. The largest absolute Gasteiger partial charge is 0.466 e. The Hall–Kier alpha value is -1.40. The van der Waals surface area contributed by atoms with E-state index in [0.29, 0.717) is 26.4 Å². The van der Waals surface area contributed by atoms with E-state index < -0.39 is 11.9 Å². The predicted molar refractivity (Wildman–Crippen MR) is 59.4 cm³/mol. The second-order valence-electron chi connectivity index (χ2n) is 2.83. The second-order valence-corrected chi connectivity index (χ2v) is 2.83. The van der Waals surface area contributed by atoms with Crippen LogP contribution in [0.5, 0.6) is 0 Å². The molecule has 0 aliphatic heterocycles. The number of ether oxygens (including phenoxy) is 4. The first-order valence-electron chi connectivity index (χ1n) is 5.29. The molecule has 0 aromatic rings. The molecular weight excluding hydrogens is 228 g/mol. The number of methoxy groups -OCH3 is 1. The first-order chi connectivity index (χ1) is 8.20. The van der Waals surface area contributed by atoms with Crippen molar-refractivity contribution in [3.63, 3.8) is 0 Å². The fraction of sp³-hybridized carbons (Fsp3) is 0.636. The SMILES string of the molecule is CCOCCOCCOC(=O)/C=C/C(=O)OC. The highest BCUT2D eigenvalue weighted by Crippen LogP contribution is 1.85. The van der Waals surface area contributed by atoms with Gasteiger partial charge in [-0.2, -0.15) is 0 Å². The summed E-state index contributed by atoms with van der Waals surface area (Å²) in [5.74, 6) is -1.21. The summed E-state index contributed by atoms with van der Waals surface area (Å²) in [5.41, 5.74) is 0. The molecule has 0 spiro atoms. The maximum Gasteiger partial charge on any atom is 0.331 e. The first-order valence-corrected chi connectivity index (χ1v) is 5.29. The first kappa shape index (κ1) is 15.6. The lowest BCUT2D eigenvalue weighted by molar-refractivity contribution is -0.140. The molecule has 0 unspecified atom stereocenters. The van der Waals surface area contributed by atoms with Gasteiger partial charge in [-0.3, -0.25) is 0 Å². The third kappa shape index (κ3) is 10.9. The molecule has 98 valence electrons. The molecule has 0 saturated carbocycles. The van der Waals surface area contributed by atoms with Gasteiger partial charge in [0.25, 0.3) is 0 Å². The van der Waals surface area contributed by atoms with E-state index in [0.717, 1.165) is 12.2 Å². The summed E-state index contributed by atoms with van der Waals surface area (Å²) in [4.78, 5) is 21.6. The van der Waals surface area contributed by atoms with Crippen LogP contribution in [0, 0.1) is 0 Å². The Morgan fingerprint density at radius 1 is 0.941 bits per heavy atom. The lowest BCUT2D eigenvalue weighted by Gasteiger charge is -2.04. The van der Waals surface area contributed by atoms with Gasteiger partial charge < -0.3 is 18.9 Å². The van der Waals surface area contributed by atoms with Crippen molar-refractivity contribution >= 4 is 11.9 Å². The predicted octanol–water partition coefficient (Wildman–Crippen LogP) is 0.312. The Balaban J connectivity index is 3.39. The van der Waals surface area contributed by atoms with Gasteiger partial charge in [-0.25, -0.2) is 9.59 Å². The zero-order valence-corrected chi connectivity index (χ0v) is 10.1. The molecule has 0 saturated heterocycles. The van der Waals surface area contributed by atoms with Crippen molar-refractivity contribution < 1.29 is 28.5 Å². The molecule has 0 aliphatic carbocycles. The third-order valence-electron chi connectivity index (χ3n) is 1.60. The topological polar surface area (TPSA) is 71.1 Å². The van der Waals surface area contributed by atoms with E-state index in [2.05, 4.69) is 4.74 Å². The van der Waals surface area contributed by atoms with Crippen molar-refractivity contribution in [2.45, 2.75) is 6.92 Å². The Morgan fingerprint density at radius 2 is 1.53 bits per heavy atom. The van der Waals surface area contributed by atoms with Gasteiger partial charge in [0.05, 0.1) is 26.9 Å². The smallest absolute Gasteiger partial charge is 0.331 e. The monoisotopic (exact) mass is 246 g/mol. The number of carbonyl (C=O) groups is 2. The summed E-state index contributed by atoms with van der Waals surface area (Å²) in [5, 5.41) is 0. The van der Waals surface area contributed by atoms with Crippen LogP contribution in [-0.4, -0.2) is 52.1 Å². The minimum Gasteiger partial charge on any atom is -0.466 e. The van der Waals surface area contributed by atoms with Gasteiger partial charge in [0, 0.05) is 18.8 Å². The Kier molecular flexibility index (Phi) is 10.2. The quantitative estimate of drug-likeness (QED) is 0.331. The molecular formula is C11H18O6. The average Bonchev–Trinajstić information content (AvgIpc) is 2.34. The summed E-state index contributed by atoms with van der Waals surface area (Å²) in [6, 6.07) is 0. The Bertz CT molecular complexity index is 248. The van der Waals surface area contributed by atoms with E-state index >= 15 is 0 Å². The standard InChI is InChI=1S/C11H18O6/c1-3-15-6-7-16-8-9-17-11(13)5-4-10(12)14-2/h4-5H,3,6-9H2,1-2H3/b5-4+. The van der Waals surface area contributed by atoms with Gasteiger partial charge in [0.2, 0.25) is 0 Å². The van der Waals surface area contributed by atoms with Gasteiger partial charge in [-0.1, -0.05) is 0 Å². The van der Waals surface area contributed by atoms with Gasteiger partial charge in [-0.15, -0.1) is 0 Å². The minimum absolute atomic E-state index is 0.135. The van der Waals surface area contributed by atoms with Crippen LogP contribution in [0.1, 0.15) is 6.92 Å². The van der Waals surface area contributed by atoms with Crippen LogP contribution >= 0.6 is 0 Å². The molecule has 0 aromatic heterocycles. The fourth-order valence-corrected chi connectivity index (χ4v) is 0.818. The normalized spacial score (nSPS) is 10.5. The molecule has 0 N–H and O–H groups in total. The zero-order valence-electron chi connectivity index (χ0n) is 10.1. The Labute approximate surface area is 100 Å². The zero-order chi connectivity index (χ0) is 12.9. The van der Waals surface area contributed by atoms with Crippen molar-refractivity contribution in [1.29, 1.82) is 0 Å². The molecule has 6 heteroatoms. The highest BCUT2D eigenvalue weighted by Gasteiger charge is 1.99.